The van der Waals surface area contributed by atoms with Crippen molar-refractivity contribution in [1.82, 2.24) is 0 Å². The number of hydrogen-bond donors (Lipinski definition) is 0. The first-order valence-corrected chi connectivity index (χ1v) is 5.59. The van der Waals surface area contributed by atoms with Crippen LogP contribution in [0.15, 0.2) is 24.3 Å². The molecule has 0 heterocycles. The van der Waals surface area contributed by atoms with Gasteiger partial charge in [0.1, 0.15) is 11.0 Å². The van der Waals surface area contributed by atoms with Gasteiger partial charge in [0.2, 0.25) is 0 Å². The molecule has 0 aliphatic carbocycles. The van der Waals surface area contributed by atoms with E-state index in [2.05, 4.69) is 0 Å². The first-order chi connectivity index (χ1) is 6.52. The molecule has 0 radical (unpaired) electrons. The first kappa shape index (κ1) is 12.0. The second-order valence-corrected chi connectivity index (χ2v) is 4.73. The van der Waals surface area contributed by atoms with Crippen LogP contribution in [-0.2, 0) is 0 Å². The smallest absolute Gasteiger partial charge is 0.102 e. The minimum absolute atomic E-state index is 0.166. The van der Waals surface area contributed by atoms with Gasteiger partial charge in [-0.2, -0.15) is 0 Å². The monoisotopic (exact) mass is 251 g/mol. The van der Waals surface area contributed by atoms with Crippen molar-refractivity contribution in [2.75, 3.05) is 4.90 Å². The fourth-order valence-corrected chi connectivity index (χ4v) is 2.14. The van der Waals surface area contributed by atoms with Gasteiger partial charge >= 0.3 is 0 Å². The molecule has 0 aromatic heterocycles. The molecule has 0 N–H and O–H groups in total. The van der Waals surface area contributed by atoms with E-state index in [0.717, 1.165) is 5.69 Å². The van der Waals surface area contributed by atoms with E-state index < -0.39 is 0 Å². The third-order valence-electron chi connectivity index (χ3n) is 1.87. The summed E-state index contributed by atoms with van der Waals surface area (Å²) < 4.78 is 0. The fraction of sp³-hybridized carbons (Fsp3) is 0.400. The molecular formula is C10H12Cl3N. The highest BCUT2D eigenvalue weighted by molar-refractivity contribution is 6.31. The number of nitrogens with zero attached hydrogens (tertiary/aromatic N) is 1. The molecule has 2 atom stereocenters. The molecule has 0 saturated heterocycles. The Balaban J connectivity index is 2.99. The van der Waals surface area contributed by atoms with Crippen LogP contribution in [-0.4, -0.2) is 11.0 Å². The van der Waals surface area contributed by atoms with Gasteiger partial charge < -0.3 is 4.90 Å². The zero-order chi connectivity index (χ0) is 10.7. The van der Waals surface area contributed by atoms with E-state index in [1.54, 1.807) is 0 Å². The quantitative estimate of drug-likeness (QED) is 0.572. The van der Waals surface area contributed by atoms with E-state index in [0.29, 0.717) is 5.02 Å². The lowest BCUT2D eigenvalue weighted by Crippen LogP contribution is -2.34. The van der Waals surface area contributed by atoms with E-state index in [1.807, 2.05) is 43.0 Å². The predicted octanol–water partition coefficient (Wildman–Crippen LogP) is 4.32. The summed E-state index contributed by atoms with van der Waals surface area (Å²) >= 11 is 17.9. The number of benzene rings is 1. The maximum Gasteiger partial charge on any atom is 0.102 e. The molecule has 78 valence electrons. The molecule has 1 aromatic rings. The van der Waals surface area contributed by atoms with E-state index in [4.69, 9.17) is 34.8 Å². The summed E-state index contributed by atoms with van der Waals surface area (Å²) in [4.78, 5) is 1.88. The van der Waals surface area contributed by atoms with Crippen LogP contribution >= 0.6 is 34.8 Å². The molecule has 14 heavy (non-hydrogen) atoms. The van der Waals surface area contributed by atoms with Crippen LogP contribution in [0.3, 0.4) is 0 Å². The lowest BCUT2D eigenvalue weighted by atomic mass is 10.3. The third kappa shape index (κ3) is 2.94. The van der Waals surface area contributed by atoms with Crippen molar-refractivity contribution in [3.8, 4) is 0 Å². The van der Waals surface area contributed by atoms with Gasteiger partial charge in [-0.05, 0) is 32.0 Å². The molecule has 0 aliphatic rings. The third-order valence-corrected chi connectivity index (χ3v) is 2.53. The Bertz CT molecular complexity index is 291. The van der Waals surface area contributed by atoms with Crippen molar-refractivity contribution in [3.63, 3.8) is 0 Å². The summed E-state index contributed by atoms with van der Waals surface area (Å²) in [5.74, 6) is 0. The maximum absolute atomic E-state index is 6.02. The van der Waals surface area contributed by atoms with Crippen LogP contribution in [0.5, 0.6) is 0 Å². The minimum atomic E-state index is -0.166. The molecule has 0 bridgehead atoms. The van der Waals surface area contributed by atoms with Crippen LogP contribution < -0.4 is 4.90 Å². The Labute approximate surface area is 99.6 Å². The summed E-state index contributed by atoms with van der Waals surface area (Å²) in [6, 6.07) is 7.48. The molecule has 1 rings (SSSR count). The van der Waals surface area contributed by atoms with Gasteiger partial charge in [-0.25, -0.2) is 0 Å². The molecule has 4 heteroatoms. The van der Waals surface area contributed by atoms with Gasteiger partial charge in [0.25, 0.3) is 0 Å². The highest BCUT2D eigenvalue weighted by Crippen LogP contribution is 2.25. The summed E-state index contributed by atoms with van der Waals surface area (Å²) in [6.45, 7) is 3.75. The van der Waals surface area contributed by atoms with Crippen molar-refractivity contribution in [1.29, 1.82) is 0 Å². The van der Waals surface area contributed by atoms with Crippen molar-refractivity contribution >= 4 is 40.5 Å². The van der Waals surface area contributed by atoms with Crippen LogP contribution in [0, 0.1) is 0 Å². The molecule has 0 fully saturated rings. The highest BCUT2D eigenvalue weighted by Gasteiger charge is 2.16. The lowest BCUT2D eigenvalue weighted by Gasteiger charge is -2.29. The molecule has 0 aliphatic heterocycles. The largest absolute Gasteiger partial charge is 0.339 e. The standard InChI is InChI=1S/C10H12Cl3N/c1-7(11)14(8(2)12)10-5-3-4-9(13)6-10/h3-8H,1-2H3. The number of rotatable bonds is 3. The fourth-order valence-electron chi connectivity index (χ4n) is 1.33. The Morgan fingerprint density at radius 2 is 1.71 bits per heavy atom. The molecule has 2 unspecified atom stereocenters. The average molecular weight is 253 g/mol. The Morgan fingerprint density at radius 1 is 1.14 bits per heavy atom. The number of hydrogen-bond acceptors (Lipinski definition) is 1. The molecule has 0 amide bonds. The molecular weight excluding hydrogens is 240 g/mol. The second kappa shape index (κ2) is 5.11. The zero-order valence-corrected chi connectivity index (χ0v) is 10.3. The molecule has 1 aromatic carbocycles. The average Bonchev–Trinajstić information content (AvgIpc) is 2.02. The van der Waals surface area contributed by atoms with Crippen molar-refractivity contribution < 1.29 is 0 Å². The highest BCUT2D eigenvalue weighted by atomic mass is 35.5. The molecule has 0 spiro atoms. The molecule has 0 saturated carbocycles. The van der Waals surface area contributed by atoms with E-state index in [-0.39, 0.29) is 11.0 Å². The summed E-state index contributed by atoms with van der Waals surface area (Å²) in [7, 11) is 0. The molecule has 1 nitrogen and oxygen atoms in total. The lowest BCUT2D eigenvalue weighted by molar-refractivity contribution is 0.770. The van der Waals surface area contributed by atoms with E-state index in [9.17, 15) is 0 Å². The Morgan fingerprint density at radius 3 is 2.14 bits per heavy atom. The van der Waals surface area contributed by atoms with E-state index in [1.165, 1.54) is 0 Å². The summed E-state index contributed by atoms with van der Waals surface area (Å²) in [5.41, 5.74) is 0.601. The Hall–Kier alpha value is -0.110. The Kier molecular flexibility index (Phi) is 4.36. The van der Waals surface area contributed by atoms with Crippen LogP contribution in [0.25, 0.3) is 0 Å². The normalized spacial score (nSPS) is 14.9. The van der Waals surface area contributed by atoms with E-state index >= 15 is 0 Å². The second-order valence-electron chi connectivity index (χ2n) is 3.04. The van der Waals surface area contributed by atoms with Gasteiger partial charge in [0, 0.05) is 10.7 Å². The van der Waals surface area contributed by atoms with Crippen molar-refractivity contribution in [2.24, 2.45) is 0 Å². The van der Waals surface area contributed by atoms with Crippen molar-refractivity contribution in [2.45, 2.75) is 24.8 Å². The topological polar surface area (TPSA) is 3.24 Å². The summed E-state index contributed by atoms with van der Waals surface area (Å²) in [6.07, 6.45) is 0. The van der Waals surface area contributed by atoms with Crippen LogP contribution in [0.1, 0.15) is 13.8 Å². The minimum Gasteiger partial charge on any atom is -0.339 e. The van der Waals surface area contributed by atoms with Crippen LogP contribution in [0.4, 0.5) is 5.69 Å². The number of halogens is 3. The van der Waals surface area contributed by atoms with Crippen molar-refractivity contribution in [3.05, 3.63) is 29.3 Å². The first-order valence-electron chi connectivity index (χ1n) is 4.34. The predicted molar refractivity (Wildman–Crippen MR) is 64.6 cm³/mol. The number of anilines is 1. The van der Waals surface area contributed by atoms with Crippen LogP contribution in [0.2, 0.25) is 5.02 Å². The summed E-state index contributed by atoms with van der Waals surface area (Å²) in [5, 5.41) is 0.683. The van der Waals surface area contributed by atoms with Gasteiger partial charge in [-0.15, -0.1) is 0 Å². The zero-order valence-electron chi connectivity index (χ0n) is 8.05. The number of alkyl halides is 2. The van der Waals surface area contributed by atoms with Gasteiger partial charge in [0.15, 0.2) is 0 Å². The van der Waals surface area contributed by atoms with Gasteiger partial charge in [-0.3, -0.25) is 0 Å². The SMILES string of the molecule is CC(Cl)N(c1cccc(Cl)c1)C(C)Cl. The van der Waals surface area contributed by atoms with Gasteiger partial charge in [0.05, 0.1) is 0 Å². The van der Waals surface area contributed by atoms with Gasteiger partial charge in [-0.1, -0.05) is 40.9 Å². The maximum atomic E-state index is 6.02.